The van der Waals surface area contributed by atoms with Crippen molar-refractivity contribution in [2.75, 3.05) is 5.32 Å². The number of nitrogens with zero attached hydrogens (tertiary/aromatic N) is 1. The van der Waals surface area contributed by atoms with Crippen molar-refractivity contribution < 1.29 is 18.7 Å². The van der Waals surface area contributed by atoms with Gasteiger partial charge in [-0.15, -0.1) is 0 Å². The number of furan rings is 1. The van der Waals surface area contributed by atoms with Crippen LogP contribution in [0.25, 0.3) is 10.9 Å². The van der Waals surface area contributed by atoms with E-state index in [2.05, 4.69) is 10.3 Å². The number of rotatable bonds is 5. The maximum Gasteiger partial charge on any atom is 0.307 e. The Morgan fingerprint density at radius 1 is 1.39 bits per heavy atom. The minimum absolute atomic E-state index is 0.189. The maximum absolute atomic E-state index is 13.6. The second-order valence-corrected chi connectivity index (χ2v) is 5.22. The molecule has 0 aliphatic heterocycles. The fourth-order valence-corrected chi connectivity index (χ4v) is 2.56. The first-order chi connectivity index (χ1) is 11.0. The first-order valence-corrected chi connectivity index (χ1v) is 7.11. The molecule has 0 radical (unpaired) electrons. The summed E-state index contributed by atoms with van der Waals surface area (Å²) in [7, 11) is 0. The van der Waals surface area contributed by atoms with Crippen LogP contribution < -0.4 is 5.32 Å². The average Bonchev–Trinajstić information content (AvgIpc) is 3.00. The Morgan fingerprint density at radius 2 is 2.22 bits per heavy atom. The van der Waals surface area contributed by atoms with Gasteiger partial charge in [-0.05, 0) is 37.3 Å². The highest BCUT2D eigenvalue weighted by atomic mass is 19.1. The highest BCUT2D eigenvalue weighted by Crippen LogP contribution is 2.30. The molecule has 6 heteroatoms. The van der Waals surface area contributed by atoms with Gasteiger partial charge in [0.2, 0.25) is 0 Å². The number of fused-ring (bicyclic) bond motifs is 1. The van der Waals surface area contributed by atoms with Gasteiger partial charge in [0, 0.05) is 22.3 Å². The smallest absolute Gasteiger partial charge is 0.307 e. The number of halogens is 1. The molecule has 3 rings (SSSR count). The van der Waals surface area contributed by atoms with Crippen LogP contribution in [0.15, 0.2) is 41.0 Å². The van der Waals surface area contributed by atoms with E-state index in [1.807, 2.05) is 0 Å². The number of benzene rings is 1. The van der Waals surface area contributed by atoms with Gasteiger partial charge in [0.05, 0.1) is 24.7 Å². The van der Waals surface area contributed by atoms with Crippen molar-refractivity contribution in [1.82, 2.24) is 4.98 Å². The molecule has 2 aromatic heterocycles. The molecular weight excluding hydrogens is 299 g/mol. The van der Waals surface area contributed by atoms with Crippen molar-refractivity contribution in [2.45, 2.75) is 19.9 Å². The Bertz CT molecular complexity index is 860. The number of carboxylic acids is 1. The molecule has 0 amide bonds. The molecule has 0 saturated carbocycles. The van der Waals surface area contributed by atoms with E-state index in [-0.39, 0.29) is 6.42 Å². The van der Waals surface area contributed by atoms with Crippen molar-refractivity contribution in [3.05, 3.63) is 59.4 Å². The molecule has 0 saturated heterocycles. The molecule has 5 nitrogen and oxygen atoms in total. The molecule has 0 atom stereocenters. The van der Waals surface area contributed by atoms with Crippen molar-refractivity contribution in [3.8, 4) is 0 Å². The first kappa shape index (κ1) is 15.0. The third kappa shape index (κ3) is 3.15. The van der Waals surface area contributed by atoms with E-state index >= 15 is 0 Å². The van der Waals surface area contributed by atoms with Crippen molar-refractivity contribution in [1.29, 1.82) is 0 Å². The fraction of sp³-hybridized carbons (Fsp3) is 0.176. The molecule has 0 spiro atoms. The van der Waals surface area contributed by atoms with Crippen LogP contribution in [0.4, 0.5) is 10.1 Å². The Labute approximate surface area is 131 Å². The van der Waals surface area contributed by atoms with Crippen LogP contribution in [0.3, 0.4) is 0 Å². The monoisotopic (exact) mass is 314 g/mol. The van der Waals surface area contributed by atoms with E-state index in [4.69, 9.17) is 9.52 Å². The largest absolute Gasteiger partial charge is 0.481 e. The number of pyridine rings is 1. The topological polar surface area (TPSA) is 75.4 Å². The zero-order chi connectivity index (χ0) is 16.4. The molecular formula is C17H15FN2O3. The van der Waals surface area contributed by atoms with Gasteiger partial charge < -0.3 is 14.8 Å². The second-order valence-electron chi connectivity index (χ2n) is 5.22. The molecule has 2 heterocycles. The zero-order valence-electron chi connectivity index (χ0n) is 12.5. The molecule has 0 aliphatic carbocycles. The average molecular weight is 314 g/mol. The summed E-state index contributed by atoms with van der Waals surface area (Å²) in [6.07, 6.45) is 1.37. The summed E-state index contributed by atoms with van der Waals surface area (Å²) in [6, 6.07) is 7.85. The number of carbonyl (C=O) groups is 1. The molecule has 0 aliphatic rings. The molecule has 0 fully saturated rings. The van der Waals surface area contributed by atoms with Crippen LogP contribution in [0.1, 0.15) is 17.0 Å². The lowest BCUT2D eigenvalue weighted by Crippen LogP contribution is -2.10. The van der Waals surface area contributed by atoms with Gasteiger partial charge in [0.25, 0.3) is 0 Å². The van der Waals surface area contributed by atoms with Gasteiger partial charge in [-0.1, -0.05) is 0 Å². The molecule has 1 aromatic carbocycles. The number of carboxylic acid groups (broad SMARTS) is 1. The Kier molecular flexibility index (Phi) is 3.97. The van der Waals surface area contributed by atoms with Crippen LogP contribution in [0.5, 0.6) is 0 Å². The van der Waals surface area contributed by atoms with E-state index in [0.717, 1.165) is 0 Å². The second kappa shape index (κ2) is 6.08. The fourth-order valence-electron chi connectivity index (χ4n) is 2.56. The van der Waals surface area contributed by atoms with Gasteiger partial charge in [0.15, 0.2) is 0 Å². The lowest BCUT2D eigenvalue weighted by Gasteiger charge is -2.15. The normalized spacial score (nSPS) is 10.9. The van der Waals surface area contributed by atoms with E-state index in [1.165, 1.54) is 12.1 Å². The van der Waals surface area contributed by atoms with Gasteiger partial charge in [0.1, 0.15) is 11.6 Å². The summed E-state index contributed by atoms with van der Waals surface area (Å²) < 4.78 is 18.9. The minimum atomic E-state index is -0.966. The molecule has 118 valence electrons. The zero-order valence-corrected chi connectivity index (χ0v) is 12.5. The minimum Gasteiger partial charge on any atom is -0.481 e. The van der Waals surface area contributed by atoms with Gasteiger partial charge in [-0.25, -0.2) is 4.39 Å². The summed E-state index contributed by atoms with van der Waals surface area (Å²) in [5.41, 5.74) is 2.33. The standard InChI is InChI=1S/C17H15FN2O3/c1-10-13(8-16(21)22)17(19-9-12-3-2-6-23-12)14-7-11(18)4-5-15(14)20-10/h2-7H,8-9H2,1H3,(H,19,20)(H,21,22). The first-order valence-electron chi connectivity index (χ1n) is 7.11. The number of anilines is 1. The number of hydrogen-bond acceptors (Lipinski definition) is 4. The Morgan fingerprint density at radius 3 is 2.91 bits per heavy atom. The third-order valence-corrected chi connectivity index (χ3v) is 3.60. The number of aryl methyl sites for hydroxylation is 1. The van der Waals surface area contributed by atoms with Gasteiger partial charge >= 0.3 is 5.97 Å². The van der Waals surface area contributed by atoms with Crippen LogP contribution in [0.2, 0.25) is 0 Å². The third-order valence-electron chi connectivity index (χ3n) is 3.60. The van der Waals surface area contributed by atoms with E-state index in [1.54, 1.807) is 31.4 Å². The van der Waals surface area contributed by atoms with E-state index in [0.29, 0.717) is 40.2 Å². The summed E-state index contributed by atoms with van der Waals surface area (Å²) in [5, 5.41) is 12.9. The van der Waals surface area contributed by atoms with Crippen molar-refractivity contribution >= 4 is 22.6 Å². The number of hydrogen-bond donors (Lipinski definition) is 2. The van der Waals surface area contributed by atoms with Crippen LogP contribution >= 0.6 is 0 Å². The summed E-state index contributed by atoms with van der Waals surface area (Å²) in [4.78, 5) is 15.5. The van der Waals surface area contributed by atoms with Crippen molar-refractivity contribution in [2.24, 2.45) is 0 Å². The van der Waals surface area contributed by atoms with Gasteiger partial charge in [-0.2, -0.15) is 0 Å². The lowest BCUT2D eigenvalue weighted by molar-refractivity contribution is -0.136. The predicted octanol–water partition coefficient (Wildman–Crippen LogP) is 3.51. The van der Waals surface area contributed by atoms with Crippen LogP contribution in [0, 0.1) is 12.7 Å². The molecule has 0 unspecified atom stereocenters. The Hall–Kier alpha value is -2.89. The lowest BCUT2D eigenvalue weighted by atomic mass is 10.0. The number of aliphatic carboxylic acids is 1. The quantitative estimate of drug-likeness (QED) is 0.753. The van der Waals surface area contributed by atoms with E-state index < -0.39 is 11.8 Å². The van der Waals surface area contributed by atoms with E-state index in [9.17, 15) is 9.18 Å². The van der Waals surface area contributed by atoms with Gasteiger partial charge in [-0.3, -0.25) is 9.78 Å². The highest BCUT2D eigenvalue weighted by Gasteiger charge is 2.16. The van der Waals surface area contributed by atoms with Crippen molar-refractivity contribution in [3.63, 3.8) is 0 Å². The summed E-state index contributed by atoms with van der Waals surface area (Å²) >= 11 is 0. The van der Waals surface area contributed by atoms with Crippen LogP contribution in [-0.2, 0) is 17.8 Å². The maximum atomic E-state index is 13.6. The summed E-state index contributed by atoms with van der Waals surface area (Å²) in [5.74, 6) is -0.664. The molecule has 23 heavy (non-hydrogen) atoms. The molecule has 0 bridgehead atoms. The Balaban J connectivity index is 2.11. The van der Waals surface area contributed by atoms with Crippen LogP contribution in [-0.4, -0.2) is 16.1 Å². The predicted molar refractivity (Wildman–Crippen MR) is 83.8 cm³/mol. The molecule has 3 aromatic rings. The summed E-state index contributed by atoms with van der Waals surface area (Å²) in [6.45, 7) is 2.12. The number of aromatic nitrogens is 1. The SMILES string of the molecule is Cc1nc2ccc(F)cc2c(NCc2ccco2)c1CC(=O)O. The number of nitrogens with one attached hydrogen (secondary N) is 1. The highest BCUT2D eigenvalue weighted by molar-refractivity contribution is 5.94. The molecule has 2 N–H and O–H groups in total.